The van der Waals surface area contributed by atoms with Crippen LogP contribution in [0.1, 0.15) is 69.9 Å². The van der Waals surface area contributed by atoms with Gasteiger partial charge in [0.2, 0.25) is 15.1 Å². The van der Waals surface area contributed by atoms with Crippen LogP contribution in [-0.4, -0.2) is 28.6 Å². The van der Waals surface area contributed by atoms with E-state index in [4.69, 9.17) is 11.6 Å². The summed E-state index contributed by atoms with van der Waals surface area (Å²) in [6, 6.07) is 1.49. The molecule has 0 saturated carbocycles. The van der Waals surface area contributed by atoms with Crippen LogP contribution in [0.2, 0.25) is 5.28 Å². The number of rotatable bonds is 8. The molecule has 0 spiro atoms. The Morgan fingerprint density at radius 2 is 1.91 bits per heavy atom. The molecule has 1 aromatic heterocycles. The van der Waals surface area contributed by atoms with Crippen molar-refractivity contribution >= 4 is 21.4 Å². The molecular formula is C25H31ClN2O4S. The molecule has 178 valence electrons. The molecule has 33 heavy (non-hydrogen) atoms. The molecule has 1 aliphatic rings. The highest BCUT2D eigenvalue weighted by atomic mass is 35.5. The van der Waals surface area contributed by atoms with Gasteiger partial charge in [0.25, 0.3) is 0 Å². The number of benzene rings is 1. The van der Waals surface area contributed by atoms with Crippen molar-refractivity contribution in [3.8, 4) is 11.5 Å². The summed E-state index contributed by atoms with van der Waals surface area (Å²) in [4.78, 5) is 7.24. The average molecular weight is 491 g/mol. The van der Waals surface area contributed by atoms with Gasteiger partial charge in [-0.3, -0.25) is 0 Å². The van der Waals surface area contributed by atoms with E-state index in [-0.39, 0.29) is 38.2 Å². The minimum Gasteiger partial charge on any atom is -0.507 e. The molecular weight excluding hydrogens is 460 g/mol. The Morgan fingerprint density at radius 3 is 2.52 bits per heavy atom. The molecule has 0 aliphatic heterocycles. The third kappa shape index (κ3) is 5.25. The molecule has 2 atom stereocenters. The maximum atomic E-state index is 13.6. The Hall–Kier alpha value is -2.38. The maximum absolute atomic E-state index is 13.6. The molecule has 1 heterocycles. The minimum absolute atomic E-state index is 0.0224. The molecule has 2 aromatic rings. The number of unbranched alkanes of at least 4 members (excludes halogenated alkanes) is 2. The summed E-state index contributed by atoms with van der Waals surface area (Å²) in [6.07, 6.45) is 8.94. The lowest BCUT2D eigenvalue weighted by atomic mass is 9.73. The zero-order valence-corrected chi connectivity index (χ0v) is 20.9. The second-order valence-electron chi connectivity index (χ2n) is 8.82. The van der Waals surface area contributed by atoms with E-state index in [1.165, 1.54) is 6.07 Å². The number of allylic oxidation sites excluding steroid dienone is 3. The SMILES string of the molecule is C=C(C)C1CCC(C)=CC1c1c(O)cc(CCCCC)c(S(=O)(=O)c2cnc(Cl)nc2)c1O. The first-order chi connectivity index (χ1) is 15.6. The summed E-state index contributed by atoms with van der Waals surface area (Å²) in [6.45, 7) is 10.1. The number of aromatic hydroxyl groups is 2. The van der Waals surface area contributed by atoms with E-state index >= 15 is 0 Å². The van der Waals surface area contributed by atoms with Crippen molar-refractivity contribution in [2.24, 2.45) is 5.92 Å². The van der Waals surface area contributed by atoms with Gasteiger partial charge in [0.1, 0.15) is 21.3 Å². The Bertz CT molecular complexity index is 1170. The van der Waals surface area contributed by atoms with Crippen molar-refractivity contribution in [1.82, 2.24) is 9.97 Å². The van der Waals surface area contributed by atoms with E-state index in [1.54, 1.807) is 0 Å². The standard InChI is InChI=1S/C25H31ClN2O4S/c1-5-6-7-8-17-12-21(29)22(20-11-16(4)9-10-19(20)15(2)3)23(30)24(17)33(31,32)18-13-27-25(26)28-14-18/h11-14,19-20,29-30H,2,5-10H2,1,3-4H3. The highest BCUT2D eigenvalue weighted by molar-refractivity contribution is 7.91. The molecule has 0 amide bonds. The van der Waals surface area contributed by atoms with Gasteiger partial charge in [0.05, 0.1) is 12.4 Å². The van der Waals surface area contributed by atoms with E-state index in [0.717, 1.165) is 55.6 Å². The van der Waals surface area contributed by atoms with E-state index < -0.39 is 15.6 Å². The van der Waals surface area contributed by atoms with Crippen LogP contribution in [0.4, 0.5) is 0 Å². The van der Waals surface area contributed by atoms with E-state index in [0.29, 0.717) is 12.0 Å². The minimum atomic E-state index is -4.17. The fourth-order valence-corrected chi connectivity index (χ4v) is 6.13. The number of aryl methyl sites for hydroxylation is 1. The largest absolute Gasteiger partial charge is 0.507 e. The molecule has 6 nitrogen and oxygen atoms in total. The zero-order chi connectivity index (χ0) is 24.3. The molecule has 2 unspecified atom stereocenters. The molecule has 8 heteroatoms. The number of sulfone groups is 1. The number of aromatic nitrogens is 2. The number of nitrogens with zero attached hydrogens (tertiary/aromatic N) is 2. The second kappa shape index (κ2) is 10.3. The van der Waals surface area contributed by atoms with Crippen LogP contribution in [0, 0.1) is 5.92 Å². The van der Waals surface area contributed by atoms with Crippen LogP contribution in [0.25, 0.3) is 0 Å². The summed E-state index contributed by atoms with van der Waals surface area (Å²) in [7, 11) is -4.17. The van der Waals surface area contributed by atoms with Crippen molar-refractivity contribution in [2.45, 2.75) is 75.0 Å². The maximum Gasteiger partial charge on any atom is 0.222 e. The fourth-order valence-electron chi connectivity index (χ4n) is 4.55. The van der Waals surface area contributed by atoms with Crippen LogP contribution in [-0.2, 0) is 16.3 Å². The Labute approximate surface area is 201 Å². The number of hydrogen-bond donors (Lipinski definition) is 2. The Morgan fingerprint density at radius 1 is 1.24 bits per heavy atom. The number of hydrogen-bond acceptors (Lipinski definition) is 6. The van der Waals surface area contributed by atoms with E-state index in [9.17, 15) is 18.6 Å². The third-order valence-corrected chi connectivity index (χ3v) is 8.31. The summed E-state index contributed by atoms with van der Waals surface area (Å²) < 4.78 is 27.3. The van der Waals surface area contributed by atoms with Crippen molar-refractivity contribution in [2.75, 3.05) is 0 Å². The summed E-state index contributed by atoms with van der Waals surface area (Å²) in [5, 5.41) is 22.4. The van der Waals surface area contributed by atoms with Gasteiger partial charge < -0.3 is 10.2 Å². The average Bonchev–Trinajstić information content (AvgIpc) is 2.73. The highest BCUT2D eigenvalue weighted by Crippen LogP contribution is 2.49. The third-order valence-electron chi connectivity index (χ3n) is 6.29. The van der Waals surface area contributed by atoms with Gasteiger partial charge in [0.15, 0.2) is 0 Å². The Balaban J connectivity index is 2.26. The van der Waals surface area contributed by atoms with Crippen molar-refractivity contribution < 1.29 is 18.6 Å². The smallest absolute Gasteiger partial charge is 0.222 e. The van der Waals surface area contributed by atoms with Crippen molar-refractivity contribution in [3.05, 3.63) is 58.7 Å². The van der Waals surface area contributed by atoms with Crippen molar-refractivity contribution in [3.63, 3.8) is 0 Å². The zero-order valence-electron chi connectivity index (χ0n) is 19.3. The van der Waals surface area contributed by atoms with Gasteiger partial charge in [0, 0.05) is 11.5 Å². The van der Waals surface area contributed by atoms with Gasteiger partial charge in [-0.15, -0.1) is 0 Å². The van der Waals surface area contributed by atoms with Gasteiger partial charge >= 0.3 is 0 Å². The van der Waals surface area contributed by atoms with Gasteiger partial charge in [-0.05, 0) is 68.7 Å². The number of halogens is 1. The molecule has 1 aliphatic carbocycles. The fraction of sp³-hybridized carbons (Fsp3) is 0.440. The number of phenolic OH excluding ortho intramolecular Hbond substituents is 2. The highest BCUT2D eigenvalue weighted by Gasteiger charge is 2.35. The molecule has 1 aromatic carbocycles. The predicted molar refractivity (Wildman–Crippen MR) is 130 cm³/mol. The summed E-state index contributed by atoms with van der Waals surface area (Å²) in [5.41, 5.74) is 2.64. The first-order valence-electron chi connectivity index (χ1n) is 11.2. The van der Waals surface area contributed by atoms with Crippen LogP contribution in [0.3, 0.4) is 0 Å². The summed E-state index contributed by atoms with van der Waals surface area (Å²) in [5.74, 6) is -0.923. The Kier molecular flexibility index (Phi) is 7.85. The lowest BCUT2D eigenvalue weighted by Gasteiger charge is -2.32. The monoisotopic (exact) mass is 490 g/mol. The quantitative estimate of drug-likeness (QED) is 0.262. The molecule has 0 bridgehead atoms. The van der Waals surface area contributed by atoms with Gasteiger partial charge in [-0.2, -0.15) is 0 Å². The molecule has 0 fully saturated rings. The van der Waals surface area contributed by atoms with Crippen LogP contribution in [0.15, 0.2) is 52.1 Å². The first kappa shape index (κ1) is 25.2. The normalized spacial score (nSPS) is 18.7. The van der Waals surface area contributed by atoms with Crippen LogP contribution >= 0.6 is 11.6 Å². The molecule has 2 N–H and O–H groups in total. The van der Waals surface area contributed by atoms with Crippen LogP contribution < -0.4 is 0 Å². The molecule has 3 rings (SSSR count). The van der Waals surface area contributed by atoms with E-state index in [1.807, 2.05) is 19.9 Å². The number of phenols is 2. The topological polar surface area (TPSA) is 100 Å². The molecule has 0 saturated heterocycles. The van der Waals surface area contributed by atoms with Gasteiger partial charge in [-0.1, -0.05) is 43.6 Å². The molecule has 0 radical (unpaired) electrons. The first-order valence-corrected chi connectivity index (χ1v) is 13.1. The van der Waals surface area contributed by atoms with E-state index in [2.05, 4.69) is 23.5 Å². The lowest BCUT2D eigenvalue weighted by molar-refractivity contribution is 0.397. The van der Waals surface area contributed by atoms with Crippen LogP contribution in [0.5, 0.6) is 11.5 Å². The summed E-state index contributed by atoms with van der Waals surface area (Å²) >= 11 is 5.75. The second-order valence-corrected chi connectivity index (χ2v) is 11.0. The van der Waals surface area contributed by atoms with Crippen molar-refractivity contribution in [1.29, 1.82) is 0 Å². The van der Waals surface area contributed by atoms with Gasteiger partial charge in [-0.25, -0.2) is 18.4 Å². The predicted octanol–water partition coefficient (Wildman–Crippen LogP) is 6.12. The lowest BCUT2D eigenvalue weighted by Crippen LogP contribution is -2.18.